The molecule has 0 bridgehead atoms. The van der Waals surface area contributed by atoms with Crippen molar-refractivity contribution in [3.05, 3.63) is 52.0 Å². The van der Waals surface area contributed by atoms with Gasteiger partial charge < -0.3 is 18.8 Å². The fourth-order valence-corrected chi connectivity index (χ4v) is 7.51. The number of hydrogen-bond acceptors (Lipinski definition) is 6. The lowest BCUT2D eigenvalue weighted by atomic mass is 9.77. The maximum absolute atomic E-state index is 12.5. The SMILES string of the molecule is CC1(C)OB(c2ccc3c(c2)CCC(=O)N3COCC[Si](C)(C)C)OC1(C)C.C[Si](C)(C)CCOCN1C(=O)CCc2cc(Br)ccc21. The Kier molecular flexibility index (Phi) is 12.7. The lowest BCUT2D eigenvalue weighted by Crippen LogP contribution is -2.41. The van der Waals surface area contributed by atoms with Crippen LogP contribution in [0.25, 0.3) is 0 Å². The second kappa shape index (κ2) is 15.6. The van der Waals surface area contributed by atoms with E-state index in [1.165, 1.54) is 5.56 Å². The number of rotatable bonds is 11. The minimum atomic E-state index is -1.14. The van der Waals surface area contributed by atoms with E-state index >= 15 is 0 Å². The third-order valence-corrected chi connectivity index (χ3v) is 13.4. The first-order valence-corrected chi connectivity index (χ1v) is 25.5. The Balaban J connectivity index is 0.000000229. The molecule has 264 valence electrons. The average Bonchev–Trinajstić information content (AvgIpc) is 3.20. The molecule has 2 aromatic carbocycles. The highest BCUT2D eigenvalue weighted by Gasteiger charge is 2.51. The molecule has 0 aromatic heterocycles. The lowest BCUT2D eigenvalue weighted by molar-refractivity contribution is -0.120. The monoisotopic (exact) mass is 758 g/mol. The van der Waals surface area contributed by atoms with Crippen molar-refractivity contribution in [3.8, 4) is 0 Å². The van der Waals surface area contributed by atoms with Gasteiger partial charge in [0, 0.05) is 58.1 Å². The van der Waals surface area contributed by atoms with Crippen LogP contribution in [-0.4, -0.2) is 73.0 Å². The van der Waals surface area contributed by atoms with Crippen LogP contribution in [0.15, 0.2) is 40.9 Å². The molecule has 5 rings (SSSR count). The molecule has 0 spiro atoms. The van der Waals surface area contributed by atoms with Crippen molar-refractivity contribution in [1.82, 2.24) is 0 Å². The third-order valence-electron chi connectivity index (χ3n) is 9.50. The highest BCUT2D eigenvalue weighted by molar-refractivity contribution is 9.10. The summed E-state index contributed by atoms with van der Waals surface area (Å²) in [6, 6.07) is 14.4. The maximum atomic E-state index is 12.5. The van der Waals surface area contributed by atoms with Gasteiger partial charge in [-0.1, -0.05) is 67.3 Å². The number of fused-ring (bicyclic) bond motifs is 2. The molecule has 8 nitrogen and oxygen atoms in total. The molecule has 3 aliphatic heterocycles. The number of halogens is 1. The van der Waals surface area contributed by atoms with Gasteiger partial charge >= 0.3 is 7.12 Å². The molecule has 2 amide bonds. The van der Waals surface area contributed by atoms with Crippen LogP contribution in [-0.2, 0) is 41.2 Å². The van der Waals surface area contributed by atoms with Crippen LogP contribution in [0.5, 0.6) is 0 Å². The topological polar surface area (TPSA) is 77.5 Å². The number of carbonyl (C=O) groups is 2. The molecule has 0 N–H and O–H groups in total. The minimum Gasteiger partial charge on any atom is -0.399 e. The summed E-state index contributed by atoms with van der Waals surface area (Å²) in [5.74, 6) is 0.289. The zero-order valence-corrected chi connectivity index (χ0v) is 34.4. The van der Waals surface area contributed by atoms with Crippen LogP contribution in [0, 0.1) is 0 Å². The number of carbonyl (C=O) groups excluding carboxylic acids is 2. The van der Waals surface area contributed by atoms with Gasteiger partial charge in [0.2, 0.25) is 11.8 Å². The Labute approximate surface area is 299 Å². The fraction of sp³-hybridized carbons (Fsp3) is 0.611. The number of benzene rings is 2. The van der Waals surface area contributed by atoms with Gasteiger partial charge in [0.05, 0.1) is 11.2 Å². The van der Waals surface area contributed by atoms with E-state index in [1.807, 2.05) is 24.3 Å². The molecule has 12 heteroatoms. The predicted molar refractivity (Wildman–Crippen MR) is 206 cm³/mol. The van der Waals surface area contributed by atoms with Crippen LogP contribution in [0.3, 0.4) is 0 Å². The zero-order chi connectivity index (χ0) is 35.5. The minimum absolute atomic E-state index is 0.129. The van der Waals surface area contributed by atoms with E-state index < -0.39 is 16.1 Å². The third kappa shape index (κ3) is 10.4. The molecule has 0 saturated carbocycles. The van der Waals surface area contributed by atoms with Gasteiger partial charge in [0.1, 0.15) is 13.5 Å². The lowest BCUT2D eigenvalue weighted by Gasteiger charge is -2.32. The zero-order valence-electron chi connectivity index (χ0n) is 30.8. The summed E-state index contributed by atoms with van der Waals surface area (Å²) in [6.07, 6.45) is 2.64. The molecule has 0 atom stereocenters. The van der Waals surface area contributed by atoms with E-state index in [-0.39, 0.29) is 30.1 Å². The number of aryl methyl sites for hydroxylation is 2. The van der Waals surface area contributed by atoms with Gasteiger partial charge in [-0.05, 0) is 93.5 Å². The summed E-state index contributed by atoms with van der Waals surface area (Å²) in [5, 5.41) is 0. The van der Waals surface area contributed by atoms with Crippen molar-refractivity contribution < 1.29 is 28.4 Å². The molecule has 1 fully saturated rings. The van der Waals surface area contributed by atoms with Crippen molar-refractivity contribution in [2.45, 2.75) is 116 Å². The number of ether oxygens (including phenoxy) is 2. The smallest absolute Gasteiger partial charge is 0.399 e. The van der Waals surface area contributed by atoms with E-state index in [9.17, 15) is 9.59 Å². The van der Waals surface area contributed by atoms with Gasteiger partial charge in [-0.25, -0.2) is 0 Å². The molecule has 48 heavy (non-hydrogen) atoms. The van der Waals surface area contributed by atoms with E-state index in [4.69, 9.17) is 18.8 Å². The van der Waals surface area contributed by atoms with Gasteiger partial charge in [0.25, 0.3) is 0 Å². The molecule has 3 heterocycles. The van der Waals surface area contributed by atoms with Crippen LogP contribution in [0.1, 0.15) is 51.7 Å². The Bertz CT molecular complexity index is 1440. The standard InChI is InChI=1S/C21H34BNO4Si.C15H22BrNO2Si/c1-20(2)21(3,4)27-22(26-20)17-9-10-18-16(14-17)8-11-19(24)23(18)15-25-12-13-28(5,6)7;1-20(2,3)9-8-19-11-17-14-6-5-13(16)10-12(14)4-7-15(17)18/h9-10,14H,8,11-13,15H2,1-7H3;5-6,10H,4,7-9,11H2,1-3H3. The van der Waals surface area contributed by atoms with Crippen LogP contribution >= 0.6 is 15.9 Å². The molecule has 0 unspecified atom stereocenters. The van der Waals surface area contributed by atoms with Gasteiger partial charge in [0.15, 0.2) is 0 Å². The van der Waals surface area contributed by atoms with Crippen molar-refractivity contribution in [3.63, 3.8) is 0 Å². The summed E-state index contributed by atoms with van der Waals surface area (Å²) in [4.78, 5) is 28.1. The predicted octanol–water partition coefficient (Wildman–Crippen LogP) is 7.62. The van der Waals surface area contributed by atoms with Crippen molar-refractivity contribution >= 4 is 67.8 Å². The summed E-state index contributed by atoms with van der Waals surface area (Å²) in [5.41, 5.74) is 4.60. The second-order valence-corrected chi connectivity index (χ2v) is 28.7. The summed E-state index contributed by atoms with van der Waals surface area (Å²) in [6.45, 7) is 24.4. The quantitative estimate of drug-likeness (QED) is 0.174. The number of anilines is 2. The Morgan fingerprint density at radius 3 is 1.60 bits per heavy atom. The highest BCUT2D eigenvalue weighted by atomic mass is 79.9. The summed E-state index contributed by atoms with van der Waals surface area (Å²) < 4.78 is 25.0. The van der Waals surface area contributed by atoms with Crippen LogP contribution < -0.4 is 15.3 Å². The van der Waals surface area contributed by atoms with Crippen LogP contribution in [0.2, 0.25) is 51.4 Å². The normalized spacial score (nSPS) is 18.8. The van der Waals surface area contributed by atoms with Crippen molar-refractivity contribution in [2.75, 3.05) is 36.5 Å². The fourth-order valence-electron chi connectivity index (χ4n) is 5.59. The molecule has 3 aliphatic rings. The number of nitrogens with zero attached hydrogens (tertiary/aromatic N) is 2. The van der Waals surface area contributed by atoms with E-state index in [1.54, 1.807) is 9.80 Å². The highest BCUT2D eigenvalue weighted by Crippen LogP contribution is 2.37. The summed E-state index contributed by atoms with van der Waals surface area (Å²) >= 11 is 3.48. The molecule has 1 saturated heterocycles. The van der Waals surface area contributed by atoms with Gasteiger partial charge in [-0.15, -0.1) is 0 Å². The second-order valence-electron chi connectivity index (χ2n) is 16.6. The van der Waals surface area contributed by atoms with Crippen molar-refractivity contribution in [1.29, 1.82) is 0 Å². The molecular weight excluding hydrogens is 703 g/mol. The first kappa shape index (κ1) is 39.0. The molecule has 0 radical (unpaired) electrons. The number of amides is 2. The van der Waals surface area contributed by atoms with Gasteiger partial charge in [-0.3, -0.25) is 19.4 Å². The first-order chi connectivity index (χ1) is 22.3. The summed E-state index contributed by atoms with van der Waals surface area (Å²) in [7, 11) is -2.59. The Morgan fingerprint density at radius 1 is 0.708 bits per heavy atom. The van der Waals surface area contributed by atoms with Gasteiger partial charge in [-0.2, -0.15) is 0 Å². The van der Waals surface area contributed by atoms with E-state index in [0.717, 1.165) is 58.4 Å². The van der Waals surface area contributed by atoms with Crippen molar-refractivity contribution in [2.24, 2.45) is 0 Å². The maximum Gasteiger partial charge on any atom is 0.494 e. The molecule has 0 aliphatic carbocycles. The average molecular weight is 760 g/mol. The largest absolute Gasteiger partial charge is 0.494 e. The first-order valence-electron chi connectivity index (χ1n) is 17.3. The number of hydrogen-bond donors (Lipinski definition) is 0. The molecule has 2 aromatic rings. The van der Waals surface area contributed by atoms with E-state index in [2.05, 4.69) is 95.0 Å². The van der Waals surface area contributed by atoms with E-state index in [0.29, 0.717) is 32.9 Å². The molecular formula is C36H56BBrN2O6Si2. The Morgan fingerprint density at radius 2 is 1.15 bits per heavy atom. The Hall–Kier alpha value is -1.80. The van der Waals surface area contributed by atoms with Crippen LogP contribution in [0.4, 0.5) is 11.4 Å².